The number of carbonyl (C=O) groups is 1. The number of carbonyl (C=O) groups excluding carboxylic acids is 1. The van der Waals surface area contributed by atoms with E-state index >= 15 is 0 Å². The first-order valence-electron chi connectivity index (χ1n) is 9.70. The average molecular weight is 513 g/mol. The van der Waals surface area contributed by atoms with Gasteiger partial charge in [0.1, 0.15) is 18.2 Å². The Labute approximate surface area is 208 Å². The number of non-ortho nitro benzene ring substituents is 2. The number of amides is 1. The van der Waals surface area contributed by atoms with Crippen LogP contribution >= 0.6 is 23.2 Å². The standard InChI is InChI=1S/C23H14Cl2N4O6/c24-20-9-15(8-16(12-26)23(30)27-17-2-1-3-19(11-17)29(33)34)10-21(25)22(20)35-13-14-4-6-18(7-5-14)28(31)32/h1-11H,13H2,(H,27,30)/b16-8+. The van der Waals surface area contributed by atoms with Crippen LogP contribution in [0.5, 0.6) is 5.75 Å². The number of hydrogen-bond acceptors (Lipinski definition) is 7. The summed E-state index contributed by atoms with van der Waals surface area (Å²) in [6, 6.07) is 15.7. The number of nitrogens with one attached hydrogen (secondary N) is 1. The summed E-state index contributed by atoms with van der Waals surface area (Å²) in [5, 5.41) is 33.7. The summed E-state index contributed by atoms with van der Waals surface area (Å²) in [4.78, 5) is 33.0. The highest BCUT2D eigenvalue weighted by molar-refractivity contribution is 6.37. The van der Waals surface area contributed by atoms with E-state index in [-0.39, 0.29) is 45.0 Å². The van der Waals surface area contributed by atoms with Crippen LogP contribution in [0.15, 0.2) is 66.2 Å². The summed E-state index contributed by atoms with van der Waals surface area (Å²) in [5.74, 6) is -0.623. The topological polar surface area (TPSA) is 148 Å². The van der Waals surface area contributed by atoms with Crippen molar-refractivity contribution in [2.45, 2.75) is 6.61 Å². The van der Waals surface area contributed by atoms with Crippen LogP contribution < -0.4 is 10.1 Å². The Balaban J connectivity index is 1.75. The number of nitro benzene ring substituents is 2. The fourth-order valence-electron chi connectivity index (χ4n) is 2.88. The van der Waals surface area contributed by atoms with Gasteiger partial charge in [-0.1, -0.05) is 29.3 Å². The number of anilines is 1. The lowest BCUT2D eigenvalue weighted by molar-refractivity contribution is -0.385. The molecule has 0 aromatic heterocycles. The van der Waals surface area contributed by atoms with Gasteiger partial charge in [-0.25, -0.2) is 0 Å². The number of benzene rings is 3. The van der Waals surface area contributed by atoms with Crippen molar-refractivity contribution in [2.24, 2.45) is 0 Å². The number of nitrogens with zero attached hydrogens (tertiary/aromatic N) is 3. The summed E-state index contributed by atoms with van der Waals surface area (Å²) in [7, 11) is 0. The van der Waals surface area contributed by atoms with E-state index in [1.807, 2.05) is 0 Å². The van der Waals surface area contributed by atoms with Crippen LogP contribution in [-0.2, 0) is 11.4 Å². The maximum Gasteiger partial charge on any atom is 0.271 e. The average Bonchev–Trinajstić information content (AvgIpc) is 2.82. The second-order valence-corrected chi connectivity index (χ2v) is 7.77. The summed E-state index contributed by atoms with van der Waals surface area (Å²) in [6.07, 6.45) is 1.25. The van der Waals surface area contributed by atoms with Gasteiger partial charge in [0.2, 0.25) is 0 Å². The molecule has 3 aromatic rings. The van der Waals surface area contributed by atoms with Crippen molar-refractivity contribution in [1.29, 1.82) is 5.26 Å². The third-order valence-corrected chi connectivity index (χ3v) is 5.10. The fourth-order valence-corrected chi connectivity index (χ4v) is 3.49. The first-order chi connectivity index (χ1) is 16.7. The second kappa shape index (κ2) is 11.1. The number of nitriles is 1. The largest absolute Gasteiger partial charge is 0.486 e. The molecule has 0 heterocycles. The monoisotopic (exact) mass is 512 g/mol. The van der Waals surface area contributed by atoms with Gasteiger partial charge in [0.25, 0.3) is 17.3 Å². The Hall–Kier alpha value is -4.46. The van der Waals surface area contributed by atoms with Gasteiger partial charge >= 0.3 is 0 Å². The molecule has 12 heteroatoms. The number of rotatable bonds is 8. The summed E-state index contributed by atoms with van der Waals surface area (Å²) >= 11 is 12.6. The Morgan fingerprint density at radius 3 is 2.20 bits per heavy atom. The first-order valence-corrected chi connectivity index (χ1v) is 10.5. The number of nitro groups is 2. The van der Waals surface area contributed by atoms with E-state index in [0.29, 0.717) is 11.1 Å². The van der Waals surface area contributed by atoms with Crippen molar-refractivity contribution in [3.63, 3.8) is 0 Å². The highest BCUT2D eigenvalue weighted by atomic mass is 35.5. The summed E-state index contributed by atoms with van der Waals surface area (Å²) in [6.45, 7) is 0.0433. The van der Waals surface area contributed by atoms with E-state index in [1.165, 1.54) is 60.7 Å². The third kappa shape index (κ3) is 6.54. The van der Waals surface area contributed by atoms with E-state index < -0.39 is 15.8 Å². The molecule has 0 atom stereocenters. The molecule has 3 rings (SSSR count). The molecule has 176 valence electrons. The van der Waals surface area contributed by atoms with Gasteiger partial charge in [0, 0.05) is 30.0 Å². The minimum Gasteiger partial charge on any atom is -0.486 e. The normalized spacial score (nSPS) is 10.8. The van der Waals surface area contributed by atoms with Crippen LogP contribution in [0, 0.1) is 31.6 Å². The maximum absolute atomic E-state index is 12.5. The van der Waals surface area contributed by atoms with Gasteiger partial charge < -0.3 is 10.1 Å². The van der Waals surface area contributed by atoms with Crippen LogP contribution in [-0.4, -0.2) is 15.8 Å². The minimum atomic E-state index is -0.779. The van der Waals surface area contributed by atoms with Gasteiger partial charge in [-0.15, -0.1) is 0 Å². The molecule has 10 nitrogen and oxygen atoms in total. The van der Waals surface area contributed by atoms with E-state index in [4.69, 9.17) is 27.9 Å². The Bertz CT molecular complexity index is 1360. The highest BCUT2D eigenvalue weighted by Gasteiger charge is 2.15. The van der Waals surface area contributed by atoms with E-state index in [0.717, 1.165) is 6.07 Å². The van der Waals surface area contributed by atoms with E-state index in [2.05, 4.69) is 5.32 Å². The molecule has 0 spiro atoms. The molecule has 0 bridgehead atoms. The van der Waals surface area contributed by atoms with Crippen LogP contribution in [0.2, 0.25) is 10.0 Å². The molecule has 0 saturated carbocycles. The van der Waals surface area contributed by atoms with Crippen LogP contribution in [0.3, 0.4) is 0 Å². The summed E-state index contributed by atoms with van der Waals surface area (Å²) in [5.41, 5.74) is 0.584. The molecule has 0 saturated heterocycles. The Kier molecular flexibility index (Phi) is 7.99. The fraction of sp³-hybridized carbons (Fsp3) is 0.0435. The molecule has 0 fully saturated rings. The Morgan fingerprint density at radius 2 is 1.63 bits per heavy atom. The van der Waals surface area contributed by atoms with Crippen molar-refractivity contribution in [3.8, 4) is 11.8 Å². The van der Waals surface area contributed by atoms with Gasteiger partial charge in [0.15, 0.2) is 5.75 Å². The van der Waals surface area contributed by atoms with Crippen LogP contribution in [0.4, 0.5) is 17.1 Å². The van der Waals surface area contributed by atoms with Crippen molar-refractivity contribution in [2.75, 3.05) is 5.32 Å². The van der Waals surface area contributed by atoms with Gasteiger partial charge in [-0.3, -0.25) is 25.0 Å². The molecule has 3 aromatic carbocycles. The lowest BCUT2D eigenvalue weighted by Gasteiger charge is -2.11. The molecule has 1 amide bonds. The molecule has 35 heavy (non-hydrogen) atoms. The highest BCUT2D eigenvalue weighted by Crippen LogP contribution is 2.35. The zero-order valence-corrected chi connectivity index (χ0v) is 19.1. The van der Waals surface area contributed by atoms with Crippen molar-refractivity contribution in [1.82, 2.24) is 0 Å². The zero-order valence-electron chi connectivity index (χ0n) is 17.6. The van der Waals surface area contributed by atoms with Crippen LogP contribution in [0.1, 0.15) is 11.1 Å². The summed E-state index contributed by atoms with van der Waals surface area (Å²) < 4.78 is 5.64. The molecule has 0 aliphatic carbocycles. The Morgan fingerprint density at radius 1 is 1.00 bits per heavy atom. The van der Waals surface area contributed by atoms with Gasteiger partial charge in [0.05, 0.1) is 19.9 Å². The molecular formula is C23H14Cl2N4O6. The maximum atomic E-state index is 12.5. The number of hydrogen-bond donors (Lipinski definition) is 1. The molecule has 0 aliphatic rings. The smallest absolute Gasteiger partial charge is 0.271 e. The first kappa shape index (κ1) is 25.2. The zero-order chi connectivity index (χ0) is 25.5. The van der Waals surface area contributed by atoms with Crippen molar-refractivity contribution in [3.05, 3.63) is 108 Å². The van der Waals surface area contributed by atoms with Crippen molar-refractivity contribution < 1.29 is 19.4 Å². The molecule has 0 unspecified atom stereocenters. The molecule has 0 aliphatic heterocycles. The lowest BCUT2D eigenvalue weighted by atomic mass is 10.1. The van der Waals surface area contributed by atoms with E-state index in [9.17, 15) is 30.3 Å². The van der Waals surface area contributed by atoms with Gasteiger partial charge in [-0.05, 0) is 47.5 Å². The van der Waals surface area contributed by atoms with Crippen molar-refractivity contribution >= 4 is 52.2 Å². The SMILES string of the molecule is N#C/C(=C\c1cc(Cl)c(OCc2ccc([N+](=O)[O-])cc2)c(Cl)c1)C(=O)Nc1cccc([N+](=O)[O-])c1. The van der Waals surface area contributed by atoms with Crippen LogP contribution in [0.25, 0.3) is 6.08 Å². The lowest BCUT2D eigenvalue weighted by Crippen LogP contribution is -2.13. The molecular weight excluding hydrogens is 499 g/mol. The quantitative estimate of drug-likeness (QED) is 0.170. The molecule has 1 N–H and O–H groups in total. The number of ether oxygens (including phenoxy) is 1. The predicted octanol–water partition coefficient (Wildman–Crippen LogP) is 5.93. The molecule has 0 radical (unpaired) electrons. The van der Waals surface area contributed by atoms with E-state index in [1.54, 1.807) is 6.07 Å². The van der Waals surface area contributed by atoms with Gasteiger partial charge in [-0.2, -0.15) is 5.26 Å². The number of halogens is 2. The second-order valence-electron chi connectivity index (χ2n) is 6.96. The third-order valence-electron chi connectivity index (χ3n) is 4.54. The predicted molar refractivity (Wildman–Crippen MR) is 129 cm³/mol. The minimum absolute atomic E-state index is 0.0433.